The van der Waals surface area contributed by atoms with Crippen molar-refractivity contribution in [1.82, 2.24) is 9.97 Å². The van der Waals surface area contributed by atoms with Gasteiger partial charge in [0.2, 0.25) is 0 Å². The standard InChI is InChI=1S/C10H12FN3/c1-6-4-7(11)5-8-10(6)14-9(13-8)2-3-12/h4-5H,2-3,12H2,1H3,(H,13,14). The number of aryl methyl sites for hydroxylation is 1. The average molecular weight is 193 g/mol. The molecule has 0 aliphatic rings. The maximum atomic E-state index is 13.0. The highest BCUT2D eigenvalue weighted by Gasteiger charge is 2.06. The Hall–Kier alpha value is -1.42. The molecule has 0 fully saturated rings. The zero-order valence-electron chi connectivity index (χ0n) is 7.97. The van der Waals surface area contributed by atoms with Crippen LogP contribution in [0.2, 0.25) is 0 Å². The van der Waals surface area contributed by atoms with Gasteiger partial charge in [-0.2, -0.15) is 0 Å². The number of aromatic nitrogens is 2. The number of aromatic amines is 1. The van der Waals surface area contributed by atoms with Crippen LogP contribution < -0.4 is 5.73 Å². The maximum absolute atomic E-state index is 13.0. The number of H-pyrrole nitrogens is 1. The molecule has 2 aromatic rings. The third-order valence-electron chi connectivity index (χ3n) is 2.17. The fraction of sp³-hybridized carbons (Fsp3) is 0.300. The smallest absolute Gasteiger partial charge is 0.125 e. The van der Waals surface area contributed by atoms with Crippen molar-refractivity contribution in [2.75, 3.05) is 6.54 Å². The summed E-state index contributed by atoms with van der Waals surface area (Å²) in [4.78, 5) is 7.39. The average Bonchev–Trinajstić information content (AvgIpc) is 2.48. The topological polar surface area (TPSA) is 54.7 Å². The van der Waals surface area contributed by atoms with E-state index in [1.165, 1.54) is 12.1 Å². The summed E-state index contributed by atoms with van der Waals surface area (Å²) in [6, 6.07) is 2.94. The number of rotatable bonds is 2. The van der Waals surface area contributed by atoms with E-state index < -0.39 is 0 Å². The normalized spacial score (nSPS) is 11.1. The molecular weight excluding hydrogens is 181 g/mol. The van der Waals surface area contributed by atoms with Gasteiger partial charge in [0.1, 0.15) is 11.6 Å². The van der Waals surface area contributed by atoms with Gasteiger partial charge in [-0.15, -0.1) is 0 Å². The molecule has 0 saturated heterocycles. The van der Waals surface area contributed by atoms with Crippen LogP contribution in [0.15, 0.2) is 12.1 Å². The van der Waals surface area contributed by atoms with E-state index in [0.29, 0.717) is 13.0 Å². The number of fused-ring (bicyclic) bond motifs is 1. The molecule has 1 aromatic carbocycles. The van der Waals surface area contributed by atoms with Crippen molar-refractivity contribution in [2.24, 2.45) is 5.73 Å². The number of hydrogen-bond donors (Lipinski definition) is 2. The number of benzene rings is 1. The molecule has 0 saturated carbocycles. The summed E-state index contributed by atoms with van der Waals surface area (Å²) in [5.41, 5.74) is 7.83. The number of nitrogens with one attached hydrogen (secondary N) is 1. The monoisotopic (exact) mass is 193 g/mol. The van der Waals surface area contributed by atoms with Gasteiger partial charge in [-0.1, -0.05) is 0 Å². The molecule has 3 nitrogen and oxygen atoms in total. The Bertz CT molecular complexity index is 462. The lowest BCUT2D eigenvalue weighted by atomic mass is 10.2. The summed E-state index contributed by atoms with van der Waals surface area (Å²) >= 11 is 0. The lowest BCUT2D eigenvalue weighted by Gasteiger charge is -1.93. The van der Waals surface area contributed by atoms with Gasteiger partial charge in [0.05, 0.1) is 11.0 Å². The largest absolute Gasteiger partial charge is 0.342 e. The number of nitrogens with zero attached hydrogens (tertiary/aromatic N) is 1. The highest BCUT2D eigenvalue weighted by molar-refractivity contribution is 5.78. The van der Waals surface area contributed by atoms with Crippen molar-refractivity contribution in [2.45, 2.75) is 13.3 Å². The van der Waals surface area contributed by atoms with Crippen LogP contribution in [-0.2, 0) is 6.42 Å². The Morgan fingerprint density at radius 3 is 3.00 bits per heavy atom. The van der Waals surface area contributed by atoms with E-state index in [0.717, 1.165) is 22.4 Å². The zero-order chi connectivity index (χ0) is 10.1. The Morgan fingerprint density at radius 2 is 2.29 bits per heavy atom. The summed E-state index contributed by atoms with van der Waals surface area (Å²) < 4.78 is 13.0. The van der Waals surface area contributed by atoms with Crippen molar-refractivity contribution in [3.8, 4) is 0 Å². The summed E-state index contributed by atoms with van der Waals surface area (Å²) in [6.07, 6.45) is 0.690. The summed E-state index contributed by atoms with van der Waals surface area (Å²) in [6.45, 7) is 2.39. The molecule has 0 atom stereocenters. The van der Waals surface area contributed by atoms with Crippen molar-refractivity contribution >= 4 is 11.0 Å². The lowest BCUT2D eigenvalue weighted by Crippen LogP contribution is -2.03. The number of halogens is 1. The molecule has 0 bridgehead atoms. The van der Waals surface area contributed by atoms with Crippen LogP contribution in [0.4, 0.5) is 4.39 Å². The molecular formula is C10H12FN3. The maximum Gasteiger partial charge on any atom is 0.125 e. The van der Waals surface area contributed by atoms with E-state index in [2.05, 4.69) is 9.97 Å². The molecule has 0 spiro atoms. The lowest BCUT2D eigenvalue weighted by molar-refractivity contribution is 0.628. The number of hydrogen-bond acceptors (Lipinski definition) is 2. The minimum absolute atomic E-state index is 0.238. The molecule has 0 unspecified atom stereocenters. The number of imidazole rings is 1. The third kappa shape index (κ3) is 1.48. The van der Waals surface area contributed by atoms with Crippen LogP contribution in [0.1, 0.15) is 11.4 Å². The van der Waals surface area contributed by atoms with Crippen molar-refractivity contribution in [3.63, 3.8) is 0 Å². The molecule has 2 rings (SSSR count). The Balaban J connectivity index is 2.58. The Labute approximate surface area is 81.1 Å². The predicted molar refractivity (Wildman–Crippen MR) is 53.5 cm³/mol. The quantitative estimate of drug-likeness (QED) is 0.759. The van der Waals surface area contributed by atoms with E-state index in [1.54, 1.807) is 0 Å². The highest BCUT2D eigenvalue weighted by Crippen LogP contribution is 2.17. The van der Waals surface area contributed by atoms with Crippen molar-refractivity contribution in [1.29, 1.82) is 0 Å². The Kier molecular flexibility index (Phi) is 2.21. The first-order valence-electron chi connectivity index (χ1n) is 4.55. The molecule has 0 radical (unpaired) electrons. The SMILES string of the molecule is Cc1cc(F)cc2[nH]c(CCN)nc12. The van der Waals surface area contributed by atoms with Gasteiger partial charge in [0, 0.05) is 6.42 Å². The summed E-state index contributed by atoms with van der Waals surface area (Å²) in [5.74, 6) is 0.578. The highest BCUT2D eigenvalue weighted by atomic mass is 19.1. The van der Waals surface area contributed by atoms with Gasteiger partial charge < -0.3 is 10.7 Å². The number of nitrogens with two attached hydrogens (primary N) is 1. The fourth-order valence-corrected chi connectivity index (χ4v) is 1.55. The van der Waals surface area contributed by atoms with Gasteiger partial charge in [0.15, 0.2) is 0 Å². The van der Waals surface area contributed by atoms with Gasteiger partial charge in [-0.25, -0.2) is 9.37 Å². The summed E-state index contributed by atoms with van der Waals surface area (Å²) in [5, 5.41) is 0. The minimum atomic E-state index is -0.238. The second-order valence-electron chi connectivity index (χ2n) is 3.34. The van der Waals surface area contributed by atoms with E-state index >= 15 is 0 Å². The van der Waals surface area contributed by atoms with Crippen LogP contribution in [0, 0.1) is 12.7 Å². The molecule has 1 aromatic heterocycles. The molecule has 3 N–H and O–H groups in total. The molecule has 4 heteroatoms. The predicted octanol–water partition coefficient (Wildman–Crippen LogP) is 1.51. The van der Waals surface area contributed by atoms with Gasteiger partial charge in [-0.3, -0.25) is 0 Å². The van der Waals surface area contributed by atoms with Crippen LogP contribution in [-0.4, -0.2) is 16.5 Å². The van der Waals surface area contributed by atoms with E-state index in [4.69, 9.17) is 5.73 Å². The molecule has 14 heavy (non-hydrogen) atoms. The van der Waals surface area contributed by atoms with E-state index in [9.17, 15) is 4.39 Å². The first-order chi connectivity index (χ1) is 6.70. The molecule has 74 valence electrons. The van der Waals surface area contributed by atoms with E-state index in [1.807, 2.05) is 6.92 Å². The first-order valence-corrected chi connectivity index (χ1v) is 4.55. The third-order valence-corrected chi connectivity index (χ3v) is 2.17. The van der Waals surface area contributed by atoms with Crippen molar-refractivity contribution < 1.29 is 4.39 Å². The van der Waals surface area contributed by atoms with Crippen molar-refractivity contribution in [3.05, 3.63) is 29.3 Å². The first kappa shape index (κ1) is 9.15. The molecule has 0 aliphatic heterocycles. The van der Waals surface area contributed by atoms with Gasteiger partial charge in [0.25, 0.3) is 0 Å². The van der Waals surface area contributed by atoms with Gasteiger partial charge in [-0.05, 0) is 31.2 Å². The fourth-order valence-electron chi connectivity index (χ4n) is 1.55. The van der Waals surface area contributed by atoms with E-state index in [-0.39, 0.29) is 5.82 Å². The molecule has 0 amide bonds. The summed E-state index contributed by atoms with van der Waals surface area (Å²) in [7, 11) is 0. The second-order valence-corrected chi connectivity index (χ2v) is 3.34. The van der Waals surface area contributed by atoms with Gasteiger partial charge >= 0.3 is 0 Å². The van der Waals surface area contributed by atoms with Crippen LogP contribution in [0.5, 0.6) is 0 Å². The Morgan fingerprint density at radius 1 is 1.50 bits per heavy atom. The molecule has 1 heterocycles. The zero-order valence-corrected chi connectivity index (χ0v) is 7.97. The molecule has 0 aliphatic carbocycles. The van der Waals surface area contributed by atoms with Crippen LogP contribution in [0.3, 0.4) is 0 Å². The van der Waals surface area contributed by atoms with Crippen LogP contribution >= 0.6 is 0 Å². The van der Waals surface area contributed by atoms with Crippen LogP contribution in [0.25, 0.3) is 11.0 Å². The second kappa shape index (κ2) is 3.38. The minimum Gasteiger partial charge on any atom is -0.342 e.